The van der Waals surface area contributed by atoms with Crippen molar-refractivity contribution in [1.29, 1.82) is 0 Å². The van der Waals surface area contributed by atoms with Crippen LogP contribution < -0.4 is 10.6 Å². The number of hydrogen-bond donors (Lipinski definition) is 2. The molecule has 0 aliphatic rings. The Morgan fingerprint density at radius 1 is 0.667 bits per heavy atom. The Kier molecular flexibility index (Phi) is 3.71. The van der Waals surface area contributed by atoms with Crippen molar-refractivity contribution in [1.82, 2.24) is 0 Å². The maximum atomic E-state index is 11.6. The van der Waals surface area contributed by atoms with Crippen LogP contribution in [0.25, 0.3) is 0 Å². The average Bonchev–Trinajstić information content (AvgIpc) is 2.41. The molecule has 0 bridgehead atoms. The van der Waals surface area contributed by atoms with Crippen LogP contribution >= 0.6 is 0 Å². The predicted octanol–water partition coefficient (Wildman–Crippen LogP) is 2.76. The lowest BCUT2D eigenvalue weighted by molar-refractivity contribution is -0.132. The molecule has 94 valence electrons. The van der Waals surface area contributed by atoms with Crippen LogP contribution in [0.5, 0.6) is 0 Å². The van der Waals surface area contributed by atoms with Gasteiger partial charge in [0.2, 0.25) is 0 Å². The second-order valence-electron chi connectivity index (χ2n) is 3.64. The Morgan fingerprint density at radius 2 is 1.00 bits per heavy atom. The van der Waals surface area contributed by atoms with E-state index in [2.05, 4.69) is 10.6 Å². The Bertz CT molecular complexity index is 496. The Labute approximate surface area is 108 Å². The highest BCUT2D eigenvalue weighted by Gasteiger charge is 2.13. The zero-order valence-corrected chi connectivity index (χ0v) is 9.59. The van der Waals surface area contributed by atoms with Gasteiger partial charge < -0.3 is 10.6 Å². The molecule has 0 saturated carbocycles. The fourth-order valence-electron chi connectivity index (χ4n) is 1.42. The Balaban J connectivity index is 0.00000180. The number of para-hydroxylation sites is 2. The number of anilines is 2. The molecule has 0 aliphatic heterocycles. The number of rotatable bonds is 2. The van der Waals surface area contributed by atoms with E-state index in [0.29, 0.717) is 11.4 Å². The van der Waals surface area contributed by atoms with E-state index in [1.54, 1.807) is 48.5 Å². The predicted molar refractivity (Wildman–Crippen MR) is 74.4 cm³/mol. The SMILES string of the molecule is O=C(Nc1ccccc1)C(=O)Nc1ccccc1.[HH].[HH]. The third-order valence-electron chi connectivity index (χ3n) is 2.27. The van der Waals surface area contributed by atoms with Crippen molar-refractivity contribution < 1.29 is 12.4 Å². The molecule has 2 N–H and O–H groups in total. The van der Waals surface area contributed by atoms with E-state index in [1.807, 2.05) is 12.1 Å². The second-order valence-corrected chi connectivity index (χ2v) is 3.64. The zero-order chi connectivity index (χ0) is 12.8. The Hall–Kier alpha value is -2.62. The summed E-state index contributed by atoms with van der Waals surface area (Å²) in [4.78, 5) is 23.2. The van der Waals surface area contributed by atoms with Gasteiger partial charge in [0, 0.05) is 14.2 Å². The molecule has 0 atom stereocenters. The van der Waals surface area contributed by atoms with Crippen LogP contribution in [0.1, 0.15) is 2.85 Å². The normalized spacial score (nSPS) is 9.56. The van der Waals surface area contributed by atoms with Crippen molar-refractivity contribution >= 4 is 23.2 Å². The van der Waals surface area contributed by atoms with Crippen LogP contribution in [0.3, 0.4) is 0 Å². The van der Waals surface area contributed by atoms with Gasteiger partial charge in [0.05, 0.1) is 0 Å². The molecule has 2 rings (SSSR count). The number of amides is 2. The first-order valence-electron chi connectivity index (χ1n) is 5.48. The molecule has 0 aliphatic carbocycles. The first kappa shape index (κ1) is 11.9. The van der Waals surface area contributed by atoms with Gasteiger partial charge >= 0.3 is 11.8 Å². The van der Waals surface area contributed by atoms with Crippen LogP contribution in [0, 0.1) is 0 Å². The van der Waals surface area contributed by atoms with E-state index in [1.165, 1.54) is 0 Å². The van der Waals surface area contributed by atoms with Gasteiger partial charge in [-0.15, -0.1) is 0 Å². The number of carbonyl (C=O) groups is 2. The number of hydrogen-bond acceptors (Lipinski definition) is 2. The van der Waals surface area contributed by atoms with Gasteiger partial charge in [-0.25, -0.2) is 0 Å². The van der Waals surface area contributed by atoms with E-state index >= 15 is 0 Å². The first-order valence-corrected chi connectivity index (χ1v) is 5.48. The van der Waals surface area contributed by atoms with Crippen molar-refractivity contribution in [3.8, 4) is 0 Å². The third kappa shape index (κ3) is 3.18. The summed E-state index contributed by atoms with van der Waals surface area (Å²) in [5, 5.41) is 5.02. The molecule has 2 aromatic carbocycles. The quantitative estimate of drug-likeness (QED) is 0.798. The Morgan fingerprint density at radius 3 is 1.33 bits per heavy atom. The van der Waals surface area contributed by atoms with E-state index in [0.717, 1.165) is 0 Å². The lowest BCUT2D eigenvalue weighted by Gasteiger charge is -2.05. The van der Waals surface area contributed by atoms with Gasteiger partial charge in [-0.1, -0.05) is 36.4 Å². The van der Waals surface area contributed by atoms with Gasteiger partial charge in [0.25, 0.3) is 0 Å². The molecular formula is C14H16N2O2. The summed E-state index contributed by atoms with van der Waals surface area (Å²) in [5.41, 5.74) is 1.18. The van der Waals surface area contributed by atoms with E-state index in [9.17, 15) is 9.59 Å². The second kappa shape index (κ2) is 5.63. The summed E-state index contributed by atoms with van der Waals surface area (Å²) in [7, 11) is 0. The first-order chi connectivity index (χ1) is 8.75. The molecule has 0 aromatic heterocycles. The number of benzene rings is 2. The van der Waals surface area contributed by atoms with Gasteiger partial charge in [0.15, 0.2) is 0 Å². The van der Waals surface area contributed by atoms with Gasteiger partial charge in [-0.05, 0) is 24.3 Å². The molecule has 0 unspecified atom stereocenters. The lowest BCUT2D eigenvalue weighted by atomic mass is 10.3. The monoisotopic (exact) mass is 244 g/mol. The van der Waals surface area contributed by atoms with Crippen LogP contribution in [0.4, 0.5) is 11.4 Å². The maximum Gasteiger partial charge on any atom is 0.314 e. The molecule has 0 heterocycles. The summed E-state index contributed by atoms with van der Waals surface area (Å²) in [6.07, 6.45) is 0. The van der Waals surface area contributed by atoms with E-state index in [-0.39, 0.29) is 2.85 Å². The lowest BCUT2D eigenvalue weighted by Crippen LogP contribution is -2.28. The largest absolute Gasteiger partial charge is 0.318 e. The van der Waals surface area contributed by atoms with E-state index in [4.69, 9.17) is 0 Å². The van der Waals surface area contributed by atoms with Crippen molar-refractivity contribution in [3.05, 3.63) is 60.7 Å². The summed E-state index contributed by atoms with van der Waals surface area (Å²) in [6, 6.07) is 17.7. The highest BCUT2D eigenvalue weighted by atomic mass is 16.2. The van der Waals surface area contributed by atoms with Crippen LogP contribution in [0.15, 0.2) is 60.7 Å². The van der Waals surface area contributed by atoms with E-state index < -0.39 is 11.8 Å². The molecule has 2 amide bonds. The number of nitrogens with one attached hydrogen (secondary N) is 2. The third-order valence-corrected chi connectivity index (χ3v) is 2.27. The molecule has 0 fully saturated rings. The maximum absolute atomic E-state index is 11.6. The van der Waals surface area contributed by atoms with Crippen molar-refractivity contribution in [3.63, 3.8) is 0 Å². The smallest absolute Gasteiger partial charge is 0.314 e. The summed E-state index contributed by atoms with van der Waals surface area (Å²) >= 11 is 0. The van der Waals surface area contributed by atoms with Gasteiger partial charge in [0.1, 0.15) is 0 Å². The topological polar surface area (TPSA) is 58.2 Å². The van der Waals surface area contributed by atoms with Crippen molar-refractivity contribution in [2.24, 2.45) is 0 Å². The fourth-order valence-corrected chi connectivity index (χ4v) is 1.42. The fraction of sp³-hybridized carbons (Fsp3) is 0. The zero-order valence-electron chi connectivity index (χ0n) is 9.59. The molecule has 0 saturated heterocycles. The standard InChI is InChI=1S/C14H12N2O2.2H2/c17-13(15-11-7-3-1-4-8-11)14(18)16-12-9-5-2-6-10-12;;/h1-10H,(H,15,17)(H,16,18);2*1H. The highest BCUT2D eigenvalue weighted by molar-refractivity contribution is 6.43. The minimum absolute atomic E-state index is 0. The summed E-state index contributed by atoms with van der Waals surface area (Å²) in [5.74, 6) is -1.38. The van der Waals surface area contributed by atoms with Crippen LogP contribution in [-0.2, 0) is 9.59 Å². The summed E-state index contributed by atoms with van der Waals surface area (Å²) < 4.78 is 0. The minimum atomic E-state index is -0.690. The molecule has 4 heteroatoms. The average molecular weight is 244 g/mol. The summed E-state index contributed by atoms with van der Waals surface area (Å²) in [6.45, 7) is 0. The van der Waals surface area contributed by atoms with Gasteiger partial charge in [-0.3, -0.25) is 9.59 Å². The van der Waals surface area contributed by atoms with Crippen LogP contribution in [0.2, 0.25) is 0 Å². The molecule has 4 nitrogen and oxygen atoms in total. The number of carbonyl (C=O) groups excluding carboxylic acids is 2. The van der Waals surface area contributed by atoms with Gasteiger partial charge in [-0.2, -0.15) is 0 Å². The van der Waals surface area contributed by atoms with Crippen molar-refractivity contribution in [2.75, 3.05) is 10.6 Å². The highest BCUT2D eigenvalue weighted by Crippen LogP contribution is 2.07. The van der Waals surface area contributed by atoms with Crippen LogP contribution in [-0.4, -0.2) is 11.8 Å². The molecule has 18 heavy (non-hydrogen) atoms. The molecule has 2 aromatic rings. The molecule has 0 radical (unpaired) electrons. The minimum Gasteiger partial charge on any atom is -0.318 e. The molecule has 0 spiro atoms. The van der Waals surface area contributed by atoms with Crippen molar-refractivity contribution in [2.45, 2.75) is 0 Å². The molecular weight excluding hydrogens is 228 g/mol.